The van der Waals surface area contributed by atoms with E-state index in [4.69, 9.17) is 5.73 Å². The Morgan fingerprint density at radius 2 is 1.78 bits per heavy atom. The van der Waals surface area contributed by atoms with Gasteiger partial charge in [0.2, 0.25) is 0 Å². The quantitative estimate of drug-likeness (QED) is 0.656. The van der Waals surface area contributed by atoms with Gasteiger partial charge in [-0.25, -0.2) is 9.97 Å². The highest BCUT2D eigenvalue weighted by Crippen LogP contribution is 2.27. The van der Waals surface area contributed by atoms with Crippen LogP contribution in [0, 0.1) is 13.8 Å². The standard InChI is InChI=1S/C13H16N4S/c1-8-9(2)16-13(17-12(8)15-3)18-11-6-4-10(14)5-7-11/h4-7H,14H2,1-3H3,(H,15,16,17). The largest absolute Gasteiger partial charge is 0.399 e. The van der Waals surface area contributed by atoms with E-state index >= 15 is 0 Å². The van der Waals surface area contributed by atoms with E-state index in [9.17, 15) is 0 Å². The average molecular weight is 260 g/mol. The molecule has 1 aromatic heterocycles. The number of nitrogens with one attached hydrogen (secondary N) is 1. The maximum Gasteiger partial charge on any atom is 0.194 e. The predicted molar refractivity (Wildman–Crippen MR) is 76.0 cm³/mol. The summed E-state index contributed by atoms with van der Waals surface area (Å²) in [7, 11) is 1.87. The van der Waals surface area contributed by atoms with E-state index < -0.39 is 0 Å². The minimum atomic E-state index is 0.743. The van der Waals surface area contributed by atoms with Gasteiger partial charge < -0.3 is 11.1 Å². The van der Waals surface area contributed by atoms with Crippen molar-refractivity contribution in [1.82, 2.24) is 9.97 Å². The Kier molecular flexibility index (Phi) is 3.72. The first-order chi connectivity index (χ1) is 8.60. The molecule has 3 N–H and O–H groups in total. The normalized spacial score (nSPS) is 10.4. The smallest absolute Gasteiger partial charge is 0.194 e. The second kappa shape index (κ2) is 5.27. The van der Waals surface area contributed by atoms with Crippen LogP contribution in [0.25, 0.3) is 0 Å². The lowest BCUT2D eigenvalue weighted by Crippen LogP contribution is -2.01. The zero-order chi connectivity index (χ0) is 13.1. The van der Waals surface area contributed by atoms with Gasteiger partial charge in [-0.1, -0.05) is 0 Å². The van der Waals surface area contributed by atoms with Crippen molar-refractivity contribution in [3.63, 3.8) is 0 Å². The second-order valence-corrected chi connectivity index (χ2v) is 5.03. The Morgan fingerprint density at radius 1 is 1.11 bits per heavy atom. The number of hydrogen-bond acceptors (Lipinski definition) is 5. The van der Waals surface area contributed by atoms with Crippen LogP contribution in [-0.2, 0) is 0 Å². The first kappa shape index (κ1) is 12.7. The summed E-state index contributed by atoms with van der Waals surface area (Å²) in [6.07, 6.45) is 0. The van der Waals surface area contributed by atoms with Gasteiger partial charge in [0, 0.05) is 28.9 Å². The van der Waals surface area contributed by atoms with Gasteiger partial charge in [0.05, 0.1) is 0 Å². The third kappa shape index (κ3) is 2.73. The number of nitrogen functional groups attached to an aromatic ring is 1. The number of aryl methyl sites for hydroxylation is 1. The van der Waals surface area contributed by atoms with Gasteiger partial charge in [0.1, 0.15) is 5.82 Å². The lowest BCUT2D eigenvalue weighted by atomic mass is 10.2. The molecule has 1 aromatic carbocycles. The predicted octanol–water partition coefficient (Wildman–Crippen LogP) is 2.87. The second-order valence-electron chi connectivity index (χ2n) is 3.99. The van der Waals surface area contributed by atoms with Gasteiger partial charge in [0.25, 0.3) is 0 Å². The van der Waals surface area contributed by atoms with Gasteiger partial charge >= 0.3 is 0 Å². The van der Waals surface area contributed by atoms with Crippen LogP contribution in [0.1, 0.15) is 11.3 Å². The summed E-state index contributed by atoms with van der Waals surface area (Å²) in [4.78, 5) is 10.0. The number of aromatic nitrogens is 2. The molecular formula is C13H16N4S. The number of rotatable bonds is 3. The molecule has 0 spiro atoms. The lowest BCUT2D eigenvalue weighted by Gasteiger charge is -2.09. The monoisotopic (exact) mass is 260 g/mol. The van der Waals surface area contributed by atoms with Crippen molar-refractivity contribution in [2.75, 3.05) is 18.1 Å². The molecular weight excluding hydrogens is 244 g/mol. The molecule has 94 valence electrons. The molecule has 0 aliphatic carbocycles. The SMILES string of the molecule is CNc1nc(Sc2ccc(N)cc2)nc(C)c1C. The van der Waals surface area contributed by atoms with E-state index in [-0.39, 0.29) is 0 Å². The summed E-state index contributed by atoms with van der Waals surface area (Å²) in [5.74, 6) is 0.875. The summed E-state index contributed by atoms with van der Waals surface area (Å²) < 4.78 is 0. The Morgan fingerprint density at radius 3 is 2.39 bits per heavy atom. The van der Waals surface area contributed by atoms with Crippen molar-refractivity contribution >= 4 is 23.3 Å². The van der Waals surface area contributed by atoms with Crippen LogP contribution in [-0.4, -0.2) is 17.0 Å². The van der Waals surface area contributed by atoms with Crippen LogP contribution < -0.4 is 11.1 Å². The van der Waals surface area contributed by atoms with E-state index in [2.05, 4.69) is 15.3 Å². The van der Waals surface area contributed by atoms with E-state index in [0.717, 1.165) is 32.8 Å². The minimum absolute atomic E-state index is 0.743. The molecule has 0 bridgehead atoms. The van der Waals surface area contributed by atoms with Crippen molar-refractivity contribution in [2.45, 2.75) is 23.9 Å². The molecule has 0 amide bonds. The van der Waals surface area contributed by atoms with Crippen LogP contribution in [0.2, 0.25) is 0 Å². The molecule has 0 radical (unpaired) electrons. The maximum atomic E-state index is 5.66. The topological polar surface area (TPSA) is 63.8 Å². The average Bonchev–Trinajstić information content (AvgIpc) is 2.36. The fraction of sp³-hybridized carbons (Fsp3) is 0.231. The Bertz CT molecular complexity index is 552. The molecule has 0 saturated carbocycles. The van der Waals surface area contributed by atoms with Crippen LogP contribution in [0.5, 0.6) is 0 Å². The van der Waals surface area contributed by atoms with Gasteiger partial charge in [-0.3, -0.25) is 0 Å². The summed E-state index contributed by atoms with van der Waals surface area (Å²) in [6, 6.07) is 7.69. The van der Waals surface area contributed by atoms with E-state index in [1.54, 1.807) is 0 Å². The highest BCUT2D eigenvalue weighted by Gasteiger charge is 2.07. The zero-order valence-corrected chi connectivity index (χ0v) is 11.5. The van der Waals surface area contributed by atoms with Crippen molar-refractivity contribution in [3.05, 3.63) is 35.5 Å². The number of benzene rings is 1. The van der Waals surface area contributed by atoms with Crippen molar-refractivity contribution in [3.8, 4) is 0 Å². The molecule has 0 fully saturated rings. The molecule has 4 nitrogen and oxygen atoms in total. The number of nitrogens with zero attached hydrogens (tertiary/aromatic N) is 2. The highest BCUT2D eigenvalue weighted by atomic mass is 32.2. The van der Waals surface area contributed by atoms with Crippen molar-refractivity contribution < 1.29 is 0 Å². The van der Waals surface area contributed by atoms with Crippen LogP contribution >= 0.6 is 11.8 Å². The fourth-order valence-electron chi connectivity index (χ4n) is 1.53. The zero-order valence-electron chi connectivity index (χ0n) is 10.7. The van der Waals surface area contributed by atoms with E-state index in [1.165, 1.54) is 11.8 Å². The molecule has 1 heterocycles. The molecule has 0 unspecified atom stereocenters. The molecule has 0 saturated heterocycles. The maximum absolute atomic E-state index is 5.66. The van der Waals surface area contributed by atoms with E-state index in [1.807, 2.05) is 45.2 Å². The third-order valence-corrected chi connectivity index (χ3v) is 3.57. The number of nitrogens with two attached hydrogens (primary N) is 1. The molecule has 18 heavy (non-hydrogen) atoms. The minimum Gasteiger partial charge on any atom is -0.399 e. The molecule has 0 atom stereocenters. The first-order valence-corrected chi connectivity index (χ1v) is 6.48. The summed E-state index contributed by atoms with van der Waals surface area (Å²) in [5.41, 5.74) is 8.50. The number of hydrogen-bond donors (Lipinski definition) is 2. The van der Waals surface area contributed by atoms with Crippen LogP contribution in [0.15, 0.2) is 34.3 Å². The van der Waals surface area contributed by atoms with Gasteiger partial charge in [0.15, 0.2) is 5.16 Å². The third-order valence-electron chi connectivity index (χ3n) is 2.69. The Balaban J connectivity index is 2.29. The molecule has 0 aliphatic heterocycles. The fourth-order valence-corrected chi connectivity index (χ4v) is 2.34. The van der Waals surface area contributed by atoms with Crippen LogP contribution in [0.4, 0.5) is 11.5 Å². The summed E-state index contributed by atoms with van der Waals surface area (Å²) in [5, 5.41) is 3.83. The Hall–Kier alpha value is -1.75. The molecule has 2 aromatic rings. The molecule has 5 heteroatoms. The van der Waals surface area contributed by atoms with Crippen LogP contribution in [0.3, 0.4) is 0 Å². The summed E-state index contributed by atoms with van der Waals surface area (Å²) >= 11 is 1.53. The molecule has 0 aliphatic rings. The first-order valence-electron chi connectivity index (χ1n) is 5.66. The lowest BCUT2D eigenvalue weighted by molar-refractivity contribution is 0.916. The van der Waals surface area contributed by atoms with E-state index in [0.29, 0.717) is 0 Å². The van der Waals surface area contributed by atoms with Crippen molar-refractivity contribution in [2.24, 2.45) is 0 Å². The molecule has 2 rings (SSSR count). The van der Waals surface area contributed by atoms with Gasteiger partial charge in [-0.15, -0.1) is 0 Å². The van der Waals surface area contributed by atoms with Crippen molar-refractivity contribution in [1.29, 1.82) is 0 Å². The Labute approximate surface area is 111 Å². The highest BCUT2D eigenvalue weighted by molar-refractivity contribution is 7.99. The van der Waals surface area contributed by atoms with Gasteiger partial charge in [-0.05, 0) is 49.9 Å². The number of anilines is 2. The summed E-state index contributed by atoms with van der Waals surface area (Å²) in [6.45, 7) is 4.00. The van der Waals surface area contributed by atoms with Gasteiger partial charge in [-0.2, -0.15) is 0 Å².